The van der Waals surface area contributed by atoms with Crippen molar-refractivity contribution in [1.29, 1.82) is 0 Å². The van der Waals surface area contributed by atoms with E-state index in [2.05, 4.69) is 15.2 Å². The second-order valence-electron chi connectivity index (χ2n) is 7.63. The number of nitrogens with zero attached hydrogens (tertiary/aromatic N) is 1. The smallest absolute Gasteiger partial charge is 0.355 e. The lowest BCUT2D eigenvalue weighted by Gasteiger charge is -2.06. The summed E-state index contributed by atoms with van der Waals surface area (Å²) in [5, 5.41) is 4.98. The topological polar surface area (TPSA) is 114 Å². The van der Waals surface area contributed by atoms with Gasteiger partial charge in [0, 0.05) is 10.1 Å². The summed E-state index contributed by atoms with van der Waals surface area (Å²) in [6.07, 6.45) is 1.38. The first-order valence-corrected chi connectivity index (χ1v) is 13.3. The fraction of sp³-hybridized carbons (Fsp3) is 0.0800. The van der Waals surface area contributed by atoms with Crippen LogP contribution in [0.1, 0.15) is 20.8 Å². The maximum absolute atomic E-state index is 12.6. The van der Waals surface area contributed by atoms with Gasteiger partial charge in [-0.2, -0.15) is 5.10 Å². The highest BCUT2D eigenvalue weighted by Crippen LogP contribution is 2.35. The fourth-order valence-electron chi connectivity index (χ4n) is 3.10. The lowest BCUT2D eigenvalue weighted by Crippen LogP contribution is -2.34. The molecule has 4 rings (SSSR count). The summed E-state index contributed by atoms with van der Waals surface area (Å²) in [5.41, 5.74) is 3.80. The van der Waals surface area contributed by atoms with Crippen LogP contribution >= 0.6 is 22.9 Å². The second-order valence-corrected chi connectivity index (χ2v) is 10.8. The van der Waals surface area contributed by atoms with Crippen LogP contribution < -0.4 is 14.9 Å². The Morgan fingerprint density at radius 1 is 1.03 bits per heavy atom. The summed E-state index contributed by atoms with van der Waals surface area (Å²) < 4.78 is 33.0. The largest absolute Gasteiger partial charge is 0.422 e. The van der Waals surface area contributed by atoms with Crippen LogP contribution in [0.15, 0.2) is 82.8 Å². The van der Waals surface area contributed by atoms with Crippen molar-refractivity contribution >= 4 is 61.1 Å². The van der Waals surface area contributed by atoms with Gasteiger partial charge in [-0.1, -0.05) is 47.5 Å². The van der Waals surface area contributed by atoms with Crippen LogP contribution in [-0.2, 0) is 14.8 Å². The molecule has 0 aliphatic rings. The highest BCUT2D eigenvalue weighted by molar-refractivity contribution is 7.89. The van der Waals surface area contributed by atoms with Crippen molar-refractivity contribution in [2.24, 2.45) is 5.10 Å². The minimum Gasteiger partial charge on any atom is -0.422 e. The first kappa shape index (κ1) is 25.5. The van der Waals surface area contributed by atoms with Crippen LogP contribution in [-0.4, -0.2) is 33.1 Å². The van der Waals surface area contributed by atoms with Gasteiger partial charge in [-0.15, -0.1) is 11.3 Å². The summed E-state index contributed by atoms with van der Waals surface area (Å²) in [7, 11) is -3.81. The first-order chi connectivity index (χ1) is 17.2. The number of fused-ring (bicyclic) bond motifs is 1. The first-order valence-electron chi connectivity index (χ1n) is 10.6. The van der Waals surface area contributed by atoms with Gasteiger partial charge in [0.2, 0.25) is 10.0 Å². The van der Waals surface area contributed by atoms with E-state index in [-0.39, 0.29) is 4.90 Å². The Morgan fingerprint density at radius 3 is 2.42 bits per heavy atom. The molecule has 1 heterocycles. The fourth-order valence-corrected chi connectivity index (χ4v) is 5.47. The normalized spacial score (nSPS) is 11.6. The Morgan fingerprint density at radius 2 is 1.72 bits per heavy atom. The van der Waals surface area contributed by atoms with Gasteiger partial charge in [0.05, 0.1) is 22.7 Å². The minimum atomic E-state index is -3.81. The van der Waals surface area contributed by atoms with Gasteiger partial charge in [0.1, 0.15) is 10.6 Å². The molecular weight excluding hydrogens is 522 g/mol. The lowest BCUT2D eigenvalue weighted by molar-refractivity contribution is -0.119. The summed E-state index contributed by atoms with van der Waals surface area (Å²) >= 11 is 7.59. The number of halogens is 1. The zero-order valence-corrected chi connectivity index (χ0v) is 21.3. The molecule has 11 heteroatoms. The third-order valence-electron chi connectivity index (χ3n) is 4.97. The number of benzene rings is 3. The summed E-state index contributed by atoms with van der Waals surface area (Å²) in [5.74, 6) is -0.865. The average Bonchev–Trinajstić information content (AvgIpc) is 3.21. The van der Waals surface area contributed by atoms with Gasteiger partial charge in [-0.05, 0) is 55.0 Å². The molecule has 36 heavy (non-hydrogen) atoms. The molecule has 1 aromatic heterocycles. The summed E-state index contributed by atoms with van der Waals surface area (Å²) in [4.78, 5) is 24.9. The number of aryl methyl sites for hydroxylation is 1. The number of carbonyl (C=O) groups is 2. The van der Waals surface area contributed by atoms with Crippen LogP contribution in [0.3, 0.4) is 0 Å². The molecule has 0 aliphatic carbocycles. The number of ether oxygens (including phenoxy) is 1. The SMILES string of the molecule is Cc1ccc(S(=O)(=O)NCC(=O)N/N=C/c2ccc(OC(=O)c3sc4ccccc4c3Cl)cc2)cc1. The van der Waals surface area contributed by atoms with Crippen molar-refractivity contribution in [2.75, 3.05) is 6.54 Å². The lowest BCUT2D eigenvalue weighted by atomic mass is 10.2. The number of thiophene rings is 1. The van der Waals surface area contributed by atoms with Gasteiger partial charge >= 0.3 is 5.97 Å². The van der Waals surface area contributed by atoms with Gasteiger partial charge in [-0.25, -0.2) is 23.4 Å². The number of nitrogens with one attached hydrogen (secondary N) is 2. The van der Waals surface area contributed by atoms with Gasteiger partial charge < -0.3 is 4.74 Å². The van der Waals surface area contributed by atoms with Crippen LogP contribution in [0.25, 0.3) is 10.1 Å². The standard InChI is InChI=1S/C25H20ClN3O5S2/c1-16-6-12-19(13-7-16)36(32,33)28-15-22(30)29-27-14-17-8-10-18(11-9-17)34-25(31)24-23(26)20-4-2-3-5-21(20)35-24/h2-14,28H,15H2,1H3,(H,29,30)/b27-14+. The Hall–Kier alpha value is -3.57. The van der Waals surface area contributed by atoms with Crippen LogP contribution in [0.5, 0.6) is 5.75 Å². The Balaban J connectivity index is 1.29. The maximum Gasteiger partial charge on any atom is 0.355 e. The predicted octanol–water partition coefficient (Wildman–Crippen LogP) is 4.51. The molecule has 0 bridgehead atoms. The number of hydrogen-bond donors (Lipinski definition) is 2. The molecule has 0 unspecified atom stereocenters. The van der Waals surface area contributed by atoms with E-state index < -0.39 is 28.4 Å². The van der Waals surface area contributed by atoms with Gasteiger partial charge in [0.25, 0.3) is 5.91 Å². The maximum atomic E-state index is 12.6. The molecule has 2 N–H and O–H groups in total. The molecular formula is C25H20ClN3O5S2. The number of amides is 1. The molecule has 1 amide bonds. The van der Waals surface area contributed by atoms with Crippen molar-refractivity contribution in [1.82, 2.24) is 10.1 Å². The number of rotatable bonds is 8. The zero-order valence-electron chi connectivity index (χ0n) is 18.9. The van der Waals surface area contributed by atoms with E-state index in [1.165, 1.54) is 29.7 Å². The van der Waals surface area contributed by atoms with Crippen molar-refractivity contribution in [3.05, 3.63) is 93.8 Å². The highest BCUT2D eigenvalue weighted by Gasteiger charge is 2.19. The Bertz CT molecular complexity index is 1550. The molecule has 0 atom stereocenters. The quantitative estimate of drug-likeness (QED) is 0.147. The predicted molar refractivity (Wildman–Crippen MR) is 140 cm³/mol. The molecule has 8 nitrogen and oxygen atoms in total. The molecule has 3 aromatic carbocycles. The number of hydrazone groups is 1. The third kappa shape index (κ3) is 6.16. The van der Waals surface area contributed by atoms with Crippen molar-refractivity contribution in [3.8, 4) is 5.75 Å². The Kier molecular flexibility index (Phi) is 7.80. The molecule has 4 aromatic rings. The van der Waals surface area contributed by atoms with E-state index >= 15 is 0 Å². The molecule has 0 fully saturated rings. The van der Waals surface area contributed by atoms with E-state index in [0.717, 1.165) is 15.6 Å². The molecule has 0 aliphatic heterocycles. The average molecular weight is 542 g/mol. The number of sulfonamides is 1. The number of carbonyl (C=O) groups excluding carboxylic acids is 2. The number of esters is 1. The van der Waals surface area contributed by atoms with Crippen LogP contribution in [0, 0.1) is 6.92 Å². The molecule has 0 saturated carbocycles. The van der Waals surface area contributed by atoms with Gasteiger partial charge in [0.15, 0.2) is 0 Å². The summed E-state index contributed by atoms with van der Waals surface area (Å²) in [6, 6.07) is 20.2. The monoisotopic (exact) mass is 541 g/mol. The number of hydrogen-bond acceptors (Lipinski definition) is 7. The van der Waals surface area contributed by atoms with Crippen LogP contribution in [0.2, 0.25) is 5.02 Å². The highest BCUT2D eigenvalue weighted by atomic mass is 35.5. The van der Waals surface area contributed by atoms with E-state index in [1.54, 1.807) is 36.4 Å². The Labute approximate surface area is 216 Å². The zero-order chi connectivity index (χ0) is 25.7. The van der Waals surface area contributed by atoms with E-state index in [9.17, 15) is 18.0 Å². The van der Waals surface area contributed by atoms with E-state index in [1.807, 2.05) is 31.2 Å². The van der Waals surface area contributed by atoms with Gasteiger partial charge in [-0.3, -0.25) is 4.79 Å². The summed E-state index contributed by atoms with van der Waals surface area (Å²) in [6.45, 7) is 1.38. The van der Waals surface area contributed by atoms with Crippen molar-refractivity contribution in [3.63, 3.8) is 0 Å². The van der Waals surface area contributed by atoms with Crippen molar-refractivity contribution < 1.29 is 22.7 Å². The van der Waals surface area contributed by atoms with E-state index in [0.29, 0.717) is 21.2 Å². The molecule has 0 radical (unpaired) electrons. The third-order valence-corrected chi connectivity index (χ3v) is 8.04. The molecule has 184 valence electrons. The molecule has 0 spiro atoms. The van der Waals surface area contributed by atoms with Crippen LogP contribution in [0.4, 0.5) is 0 Å². The van der Waals surface area contributed by atoms with Crippen molar-refractivity contribution in [2.45, 2.75) is 11.8 Å². The second kappa shape index (κ2) is 11.0. The molecule has 0 saturated heterocycles. The minimum absolute atomic E-state index is 0.0693. The van der Waals surface area contributed by atoms with E-state index in [4.69, 9.17) is 16.3 Å².